The van der Waals surface area contributed by atoms with Crippen molar-refractivity contribution in [2.24, 2.45) is 0 Å². The van der Waals surface area contributed by atoms with Crippen LogP contribution in [-0.2, 0) is 10.2 Å². The molecule has 2 aliphatic rings. The molecule has 4 heterocycles. The van der Waals surface area contributed by atoms with Crippen LogP contribution < -0.4 is 15.4 Å². The van der Waals surface area contributed by atoms with E-state index in [9.17, 15) is 10.4 Å². The Balaban J connectivity index is 1.43. The quantitative estimate of drug-likeness (QED) is 0.469. The van der Waals surface area contributed by atoms with Gasteiger partial charge >= 0.3 is 0 Å². The molecule has 0 amide bonds. The minimum absolute atomic E-state index is 0.0278. The number of aromatic nitrogens is 4. The Kier molecular flexibility index (Phi) is 6.19. The van der Waals surface area contributed by atoms with Crippen LogP contribution >= 0.6 is 0 Å². The highest BCUT2D eigenvalue weighted by molar-refractivity contribution is 5.76. The van der Waals surface area contributed by atoms with Crippen LogP contribution in [0.5, 0.6) is 5.88 Å². The molecule has 10 nitrogen and oxygen atoms in total. The number of ether oxygens (including phenoxy) is 2. The van der Waals surface area contributed by atoms with Gasteiger partial charge in [-0.05, 0) is 43.5 Å². The molecular formula is C25H27N7O3. The number of benzene rings is 1. The average Bonchev–Trinajstić information content (AvgIpc) is 3.52. The molecule has 2 unspecified atom stereocenters. The molecule has 1 saturated heterocycles. The van der Waals surface area contributed by atoms with Crippen molar-refractivity contribution in [3.8, 4) is 23.2 Å². The van der Waals surface area contributed by atoms with Gasteiger partial charge in [0.25, 0.3) is 0 Å². The van der Waals surface area contributed by atoms with E-state index in [2.05, 4.69) is 36.6 Å². The molecule has 0 saturated carbocycles. The number of aliphatic hydroxyl groups is 1. The summed E-state index contributed by atoms with van der Waals surface area (Å²) in [6, 6.07) is 7.82. The third-order valence-electron chi connectivity index (χ3n) is 6.42. The molecule has 3 aromatic rings. The van der Waals surface area contributed by atoms with Gasteiger partial charge in [-0.3, -0.25) is 0 Å². The summed E-state index contributed by atoms with van der Waals surface area (Å²) in [4.78, 5) is 17.7. The lowest BCUT2D eigenvalue weighted by Crippen LogP contribution is -2.28. The Morgan fingerprint density at radius 1 is 1.34 bits per heavy atom. The number of nitrogens with zero attached hydrogens (tertiary/aromatic N) is 5. The minimum Gasteiger partial charge on any atom is -0.473 e. The van der Waals surface area contributed by atoms with Crippen LogP contribution in [0.25, 0.3) is 11.3 Å². The molecule has 5 rings (SSSR count). The third kappa shape index (κ3) is 4.60. The highest BCUT2D eigenvalue weighted by Gasteiger charge is 2.36. The van der Waals surface area contributed by atoms with Crippen molar-refractivity contribution in [1.29, 1.82) is 5.26 Å². The first-order chi connectivity index (χ1) is 17.0. The van der Waals surface area contributed by atoms with E-state index >= 15 is 0 Å². The van der Waals surface area contributed by atoms with Gasteiger partial charge in [-0.1, -0.05) is 6.92 Å². The number of anilines is 3. The average molecular weight is 474 g/mol. The number of fused-ring (bicyclic) bond motifs is 1. The molecule has 180 valence electrons. The lowest BCUT2D eigenvalue weighted by molar-refractivity contribution is 0.0665. The van der Waals surface area contributed by atoms with Crippen LogP contribution in [0.1, 0.15) is 36.7 Å². The highest BCUT2D eigenvalue weighted by atomic mass is 16.5. The van der Waals surface area contributed by atoms with Crippen LogP contribution in [0.4, 0.5) is 17.3 Å². The van der Waals surface area contributed by atoms with Crippen molar-refractivity contribution in [3.05, 3.63) is 47.5 Å². The summed E-state index contributed by atoms with van der Waals surface area (Å²) in [5.41, 5.74) is 3.67. The Hall–Kier alpha value is -3.81. The SMILES string of the molecule is Cc1ncc(Nc2nccc(-c3cc(C#N)c4c(c3)C(C)(CO)CN4)n2)c(OCC2CCCO2)n1. The van der Waals surface area contributed by atoms with Crippen molar-refractivity contribution in [2.45, 2.75) is 38.2 Å². The molecule has 0 bridgehead atoms. The predicted molar refractivity (Wildman–Crippen MR) is 130 cm³/mol. The van der Waals surface area contributed by atoms with Gasteiger partial charge in [-0.25, -0.2) is 15.0 Å². The maximum Gasteiger partial charge on any atom is 0.241 e. The Morgan fingerprint density at radius 3 is 3.00 bits per heavy atom. The molecule has 0 aliphatic carbocycles. The van der Waals surface area contributed by atoms with Crippen LogP contribution in [0.15, 0.2) is 30.6 Å². The van der Waals surface area contributed by atoms with E-state index in [1.807, 2.05) is 13.0 Å². The van der Waals surface area contributed by atoms with Gasteiger partial charge in [0.05, 0.1) is 35.9 Å². The van der Waals surface area contributed by atoms with Gasteiger partial charge < -0.3 is 25.2 Å². The van der Waals surface area contributed by atoms with Gasteiger partial charge in [0, 0.05) is 30.3 Å². The predicted octanol–water partition coefficient (Wildman–Crippen LogP) is 3.09. The van der Waals surface area contributed by atoms with E-state index in [0.29, 0.717) is 47.7 Å². The normalized spacial score (nSPS) is 20.7. The van der Waals surface area contributed by atoms with E-state index in [0.717, 1.165) is 36.3 Å². The molecular weight excluding hydrogens is 446 g/mol. The van der Waals surface area contributed by atoms with Crippen LogP contribution in [0.2, 0.25) is 0 Å². The topological polar surface area (TPSA) is 138 Å². The standard InChI is InChI=1S/C25H27N7O3/c1-15-28-11-21(23(30-15)35-12-18-4-3-7-34-18)32-24-27-6-5-20(31-24)16-8-17(10-26)22-19(9-16)25(2,14-33)13-29-22/h5-6,8-9,11,18,29,33H,3-4,7,12-14H2,1-2H3,(H,27,31,32). The van der Waals surface area contributed by atoms with E-state index < -0.39 is 5.41 Å². The summed E-state index contributed by atoms with van der Waals surface area (Å²) in [5.74, 6) is 1.35. The third-order valence-corrected chi connectivity index (χ3v) is 6.42. The Morgan fingerprint density at radius 2 is 2.23 bits per heavy atom. The first-order valence-corrected chi connectivity index (χ1v) is 11.6. The lowest BCUT2D eigenvalue weighted by Gasteiger charge is -2.21. The molecule has 10 heteroatoms. The van der Waals surface area contributed by atoms with Gasteiger partial charge in [-0.15, -0.1) is 0 Å². The van der Waals surface area contributed by atoms with Crippen molar-refractivity contribution >= 4 is 17.3 Å². The van der Waals surface area contributed by atoms with Crippen LogP contribution in [0, 0.1) is 18.3 Å². The number of hydrogen-bond donors (Lipinski definition) is 3. The number of aryl methyl sites for hydroxylation is 1. The molecule has 1 aromatic carbocycles. The maximum atomic E-state index is 9.97. The van der Waals surface area contributed by atoms with Crippen molar-refractivity contribution < 1.29 is 14.6 Å². The molecule has 2 aliphatic heterocycles. The first-order valence-electron chi connectivity index (χ1n) is 11.6. The highest BCUT2D eigenvalue weighted by Crippen LogP contribution is 2.41. The van der Waals surface area contributed by atoms with E-state index in [1.54, 1.807) is 31.5 Å². The lowest BCUT2D eigenvalue weighted by atomic mass is 9.83. The molecule has 0 radical (unpaired) electrons. The second-order valence-corrected chi connectivity index (χ2v) is 9.10. The van der Waals surface area contributed by atoms with Crippen molar-refractivity contribution in [1.82, 2.24) is 19.9 Å². The summed E-state index contributed by atoms with van der Waals surface area (Å²) in [5, 5.41) is 26.1. The van der Waals surface area contributed by atoms with Crippen molar-refractivity contribution in [3.63, 3.8) is 0 Å². The zero-order valence-corrected chi connectivity index (χ0v) is 19.7. The van der Waals surface area contributed by atoms with Gasteiger partial charge in [0.2, 0.25) is 11.8 Å². The number of aliphatic hydroxyl groups excluding tert-OH is 1. The summed E-state index contributed by atoms with van der Waals surface area (Å²) in [6.07, 6.45) is 5.35. The molecule has 2 aromatic heterocycles. The number of rotatable bonds is 7. The Bertz CT molecular complexity index is 1290. The van der Waals surface area contributed by atoms with E-state index in [4.69, 9.17) is 9.47 Å². The fraction of sp³-hybridized carbons (Fsp3) is 0.400. The second-order valence-electron chi connectivity index (χ2n) is 9.10. The van der Waals surface area contributed by atoms with Crippen LogP contribution in [-0.4, -0.2) is 57.5 Å². The summed E-state index contributed by atoms with van der Waals surface area (Å²) in [7, 11) is 0. The molecule has 2 atom stereocenters. The number of nitrogens with one attached hydrogen (secondary N) is 2. The Labute approximate surface area is 203 Å². The molecule has 0 spiro atoms. The summed E-state index contributed by atoms with van der Waals surface area (Å²) < 4.78 is 11.6. The molecule has 3 N–H and O–H groups in total. The first kappa shape index (κ1) is 23.0. The van der Waals surface area contributed by atoms with Crippen molar-refractivity contribution in [2.75, 3.05) is 37.0 Å². The summed E-state index contributed by atoms with van der Waals surface area (Å²) in [6.45, 7) is 5.48. The molecule has 1 fully saturated rings. The molecule has 35 heavy (non-hydrogen) atoms. The minimum atomic E-state index is -0.473. The fourth-order valence-electron chi connectivity index (χ4n) is 4.36. The van der Waals surface area contributed by atoms with Gasteiger partial charge in [-0.2, -0.15) is 10.2 Å². The van der Waals surface area contributed by atoms with Crippen LogP contribution in [0.3, 0.4) is 0 Å². The zero-order valence-electron chi connectivity index (χ0n) is 19.7. The van der Waals surface area contributed by atoms with Gasteiger partial charge in [0.15, 0.2) is 0 Å². The summed E-state index contributed by atoms with van der Waals surface area (Å²) >= 11 is 0. The largest absolute Gasteiger partial charge is 0.473 e. The number of nitriles is 1. The van der Waals surface area contributed by atoms with Gasteiger partial charge in [0.1, 0.15) is 24.2 Å². The zero-order chi connectivity index (χ0) is 24.4. The second kappa shape index (κ2) is 9.44. The number of hydrogen-bond acceptors (Lipinski definition) is 10. The van der Waals surface area contributed by atoms with E-state index in [-0.39, 0.29) is 12.7 Å². The maximum absolute atomic E-state index is 9.97. The fourth-order valence-corrected chi connectivity index (χ4v) is 4.36. The van der Waals surface area contributed by atoms with E-state index in [1.165, 1.54) is 0 Å². The monoisotopic (exact) mass is 473 g/mol. The smallest absolute Gasteiger partial charge is 0.241 e.